The first-order chi connectivity index (χ1) is 11.3. The molecule has 1 aromatic rings. The van der Waals surface area contributed by atoms with Crippen LogP contribution in [0.2, 0.25) is 0 Å². The zero-order valence-electron chi connectivity index (χ0n) is 13.2. The molecule has 0 saturated carbocycles. The number of nitrogens with two attached hydrogens (primary N) is 1. The highest BCUT2D eigenvalue weighted by atomic mass is 32.2. The average Bonchev–Trinajstić information content (AvgIpc) is 2.95. The van der Waals surface area contributed by atoms with Gasteiger partial charge in [-0.3, -0.25) is 4.79 Å². The van der Waals surface area contributed by atoms with E-state index in [4.69, 9.17) is 19.9 Å². The molecular weight excluding hydrogens is 316 g/mol. The van der Waals surface area contributed by atoms with Crippen LogP contribution in [0.5, 0.6) is 0 Å². The predicted octanol–water partition coefficient (Wildman–Crippen LogP) is 1.03. The molecule has 1 heterocycles. The van der Waals surface area contributed by atoms with Crippen LogP contribution in [0.4, 0.5) is 0 Å². The van der Waals surface area contributed by atoms with Crippen molar-refractivity contribution < 1.29 is 19.0 Å². The van der Waals surface area contributed by atoms with Crippen molar-refractivity contribution in [1.82, 2.24) is 5.32 Å². The minimum Gasteiger partial charge on any atom is -0.378 e. The van der Waals surface area contributed by atoms with Crippen LogP contribution in [0, 0.1) is 0 Å². The molecule has 6 nitrogen and oxygen atoms in total. The summed E-state index contributed by atoms with van der Waals surface area (Å²) in [5, 5.41) is 2.85. The SMILES string of the molecule is NCCOCCOCCOCCSc1cccc2c1CNC2=O. The summed E-state index contributed by atoms with van der Waals surface area (Å²) in [6, 6.07) is 5.84. The second-order valence-corrected chi connectivity index (χ2v) is 6.08. The van der Waals surface area contributed by atoms with E-state index in [1.807, 2.05) is 18.2 Å². The third kappa shape index (κ3) is 6.12. The largest absolute Gasteiger partial charge is 0.378 e. The molecule has 0 unspecified atom stereocenters. The highest BCUT2D eigenvalue weighted by molar-refractivity contribution is 7.99. The second-order valence-electron chi connectivity index (χ2n) is 4.94. The van der Waals surface area contributed by atoms with Crippen LogP contribution in [0.25, 0.3) is 0 Å². The van der Waals surface area contributed by atoms with Gasteiger partial charge in [-0.2, -0.15) is 0 Å². The lowest BCUT2D eigenvalue weighted by molar-refractivity contribution is 0.0190. The van der Waals surface area contributed by atoms with Gasteiger partial charge in [0.15, 0.2) is 0 Å². The topological polar surface area (TPSA) is 82.8 Å². The first-order valence-electron chi connectivity index (χ1n) is 7.79. The zero-order valence-corrected chi connectivity index (χ0v) is 14.0. The normalized spacial score (nSPS) is 13.2. The Labute approximate surface area is 141 Å². The van der Waals surface area contributed by atoms with Crippen molar-refractivity contribution in [2.75, 3.05) is 51.9 Å². The average molecular weight is 340 g/mol. The molecule has 1 aliphatic rings. The van der Waals surface area contributed by atoms with Crippen LogP contribution in [0.1, 0.15) is 15.9 Å². The number of hydrogen-bond donors (Lipinski definition) is 2. The Morgan fingerprint density at radius 2 is 1.74 bits per heavy atom. The smallest absolute Gasteiger partial charge is 0.251 e. The van der Waals surface area contributed by atoms with Gasteiger partial charge in [0, 0.05) is 29.3 Å². The molecule has 128 valence electrons. The quantitative estimate of drug-likeness (QED) is 0.437. The fraction of sp³-hybridized carbons (Fsp3) is 0.562. The standard InChI is InChI=1S/C16H24N2O4S/c17-4-5-20-6-7-21-8-9-22-10-11-23-15-3-1-2-13-14(15)12-18-16(13)19/h1-3H,4-12,17H2,(H,18,19). The maximum Gasteiger partial charge on any atom is 0.251 e. The summed E-state index contributed by atoms with van der Waals surface area (Å²) < 4.78 is 16.1. The van der Waals surface area contributed by atoms with E-state index in [2.05, 4.69) is 5.32 Å². The van der Waals surface area contributed by atoms with Gasteiger partial charge < -0.3 is 25.3 Å². The first-order valence-corrected chi connectivity index (χ1v) is 8.77. The number of amides is 1. The number of thioether (sulfide) groups is 1. The van der Waals surface area contributed by atoms with Crippen LogP contribution in [0.3, 0.4) is 0 Å². The van der Waals surface area contributed by atoms with Gasteiger partial charge in [0.1, 0.15) is 0 Å². The molecule has 1 aliphatic heterocycles. The number of rotatable bonds is 12. The Hall–Kier alpha value is -1.12. The molecule has 0 spiro atoms. The number of hydrogen-bond acceptors (Lipinski definition) is 6. The Balaban J connectivity index is 1.51. The Kier molecular flexibility index (Phi) is 8.41. The third-order valence-electron chi connectivity index (χ3n) is 3.29. The molecular formula is C16H24N2O4S. The van der Waals surface area contributed by atoms with Gasteiger partial charge in [0.05, 0.1) is 39.6 Å². The molecule has 0 bridgehead atoms. The third-order valence-corrected chi connectivity index (χ3v) is 4.36. The Bertz CT molecular complexity index is 499. The molecule has 0 radical (unpaired) electrons. The molecule has 1 amide bonds. The van der Waals surface area contributed by atoms with E-state index in [-0.39, 0.29) is 5.91 Å². The highest BCUT2D eigenvalue weighted by Gasteiger charge is 2.20. The molecule has 1 aromatic carbocycles. The van der Waals surface area contributed by atoms with Crippen molar-refractivity contribution >= 4 is 17.7 Å². The minimum atomic E-state index is 0.0197. The molecule has 23 heavy (non-hydrogen) atoms. The summed E-state index contributed by atoms with van der Waals surface area (Å²) >= 11 is 1.72. The van der Waals surface area contributed by atoms with Crippen LogP contribution in [-0.4, -0.2) is 57.8 Å². The maximum absolute atomic E-state index is 11.6. The Morgan fingerprint density at radius 1 is 1.04 bits per heavy atom. The Morgan fingerprint density at radius 3 is 2.48 bits per heavy atom. The van der Waals surface area contributed by atoms with Gasteiger partial charge >= 0.3 is 0 Å². The minimum absolute atomic E-state index is 0.0197. The lowest BCUT2D eigenvalue weighted by atomic mass is 10.1. The van der Waals surface area contributed by atoms with E-state index in [9.17, 15) is 4.79 Å². The van der Waals surface area contributed by atoms with E-state index < -0.39 is 0 Å². The predicted molar refractivity (Wildman–Crippen MR) is 89.8 cm³/mol. The number of carbonyl (C=O) groups excluding carboxylic acids is 1. The van der Waals surface area contributed by atoms with Crippen molar-refractivity contribution in [3.63, 3.8) is 0 Å². The molecule has 0 aliphatic carbocycles. The summed E-state index contributed by atoms with van der Waals surface area (Å²) in [7, 11) is 0. The lowest BCUT2D eigenvalue weighted by Gasteiger charge is -2.08. The lowest BCUT2D eigenvalue weighted by Crippen LogP contribution is -2.13. The van der Waals surface area contributed by atoms with Gasteiger partial charge in [-0.25, -0.2) is 0 Å². The van der Waals surface area contributed by atoms with E-state index in [0.717, 1.165) is 21.8 Å². The number of benzene rings is 1. The van der Waals surface area contributed by atoms with Gasteiger partial charge in [-0.15, -0.1) is 11.8 Å². The molecule has 0 atom stereocenters. The van der Waals surface area contributed by atoms with Crippen LogP contribution < -0.4 is 11.1 Å². The number of fused-ring (bicyclic) bond motifs is 1. The van der Waals surface area contributed by atoms with E-state index in [1.165, 1.54) is 0 Å². The van der Waals surface area contributed by atoms with Crippen LogP contribution in [-0.2, 0) is 20.8 Å². The van der Waals surface area contributed by atoms with Crippen LogP contribution >= 0.6 is 11.8 Å². The number of ether oxygens (including phenoxy) is 3. The van der Waals surface area contributed by atoms with Gasteiger partial charge in [0.25, 0.3) is 5.91 Å². The van der Waals surface area contributed by atoms with Gasteiger partial charge in [-0.1, -0.05) is 6.07 Å². The molecule has 0 aromatic heterocycles. The van der Waals surface area contributed by atoms with Crippen molar-refractivity contribution in [1.29, 1.82) is 0 Å². The van der Waals surface area contributed by atoms with Gasteiger partial charge in [-0.05, 0) is 17.7 Å². The number of carbonyl (C=O) groups is 1. The maximum atomic E-state index is 11.6. The first kappa shape index (κ1) is 18.2. The molecule has 7 heteroatoms. The van der Waals surface area contributed by atoms with Crippen molar-refractivity contribution in [3.05, 3.63) is 29.3 Å². The van der Waals surface area contributed by atoms with Crippen molar-refractivity contribution in [3.8, 4) is 0 Å². The summed E-state index contributed by atoms with van der Waals surface area (Å²) in [6.45, 7) is 4.66. The van der Waals surface area contributed by atoms with Crippen LogP contribution in [0.15, 0.2) is 23.1 Å². The second kappa shape index (κ2) is 10.6. The summed E-state index contributed by atoms with van der Waals surface area (Å²) in [5.41, 5.74) is 7.20. The molecule has 0 saturated heterocycles. The fourth-order valence-corrected chi connectivity index (χ4v) is 3.15. The van der Waals surface area contributed by atoms with E-state index >= 15 is 0 Å². The summed E-state index contributed by atoms with van der Waals surface area (Å²) in [5.74, 6) is 0.871. The molecule has 3 N–H and O–H groups in total. The molecule has 0 fully saturated rings. The number of nitrogens with one attached hydrogen (secondary N) is 1. The summed E-state index contributed by atoms with van der Waals surface area (Å²) in [6.07, 6.45) is 0. The van der Waals surface area contributed by atoms with Crippen molar-refractivity contribution in [2.24, 2.45) is 5.73 Å². The fourth-order valence-electron chi connectivity index (χ4n) is 2.20. The van der Waals surface area contributed by atoms with Gasteiger partial charge in [0.2, 0.25) is 0 Å². The zero-order chi connectivity index (χ0) is 16.3. The van der Waals surface area contributed by atoms with Crippen molar-refractivity contribution in [2.45, 2.75) is 11.4 Å². The summed E-state index contributed by atoms with van der Waals surface area (Å²) in [4.78, 5) is 12.8. The molecule has 2 rings (SSSR count). The van der Waals surface area contributed by atoms with E-state index in [1.54, 1.807) is 11.8 Å². The monoisotopic (exact) mass is 340 g/mol. The highest BCUT2D eigenvalue weighted by Crippen LogP contribution is 2.28. The van der Waals surface area contributed by atoms with E-state index in [0.29, 0.717) is 52.7 Å².